The zero-order valence-corrected chi connectivity index (χ0v) is 13.9. The zero-order chi connectivity index (χ0) is 17.3. The summed E-state index contributed by atoms with van der Waals surface area (Å²) in [7, 11) is 1.81. The van der Waals surface area contributed by atoms with Crippen molar-refractivity contribution in [3.63, 3.8) is 0 Å². The van der Waals surface area contributed by atoms with Crippen LogP contribution in [-0.4, -0.2) is 22.8 Å². The second-order valence-corrected chi connectivity index (χ2v) is 6.28. The highest BCUT2D eigenvalue weighted by molar-refractivity contribution is 5.95. The van der Waals surface area contributed by atoms with Crippen molar-refractivity contribution in [1.29, 1.82) is 0 Å². The van der Waals surface area contributed by atoms with E-state index in [0.29, 0.717) is 11.1 Å². The Morgan fingerprint density at radius 3 is 2.71 bits per heavy atom. The zero-order valence-electron chi connectivity index (χ0n) is 13.9. The van der Waals surface area contributed by atoms with Gasteiger partial charge in [0.25, 0.3) is 11.6 Å². The van der Waals surface area contributed by atoms with E-state index in [4.69, 9.17) is 0 Å². The van der Waals surface area contributed by atoms with Crippen LogP contribution in [0.4, 0.5) is 5.69 Å². The number of aryl methyl sites for hydroxylation is 2. The molecule has 0 saturated carbocycles. The first-order valence-electron chi connectivity index (χ1n) is 8.09. The van der Waals surface area contributed by atoms with Gasteiger partial charge in [-0.2, -0.15) is 0 Å². The molecule has 1 aliphatic carbocycles. The number of amides is 1. The lowest BCUT2D eigenvalue weighted by Gasteiger charge is -2.33. The van der Waals surface area contributed by atoms with Gasteiger partial charge in [0.2, 0.25) is 0 Å². The molecule has 1 atom stereocenters. The van der Waals surface area contributed by atoms with Crippen molar-refractivity contribution in [2.75, 3.05) is 7.05 Å². The number of nitrogens with zero attached hydrogens (tertiary/aromatic N) is 2. The SMILES string of the molecule is Cc1cc(C(=O)N(C)C2CCCc3ccccc32)ccc1[N+](=O)[O-]. The van der Waals surface area contributed by atoms with Crippen molar-refractivity contribution >= 4 is 11.6 Å². The summed E-state index contributed by atoms with van der Waals surface area (Å²) in [5.74, 6) is -0.102. The molecule has 1 aliphatic rings. The fourth-order valence-corrected chi connectivity index (χ4v) is 3.47. The minimum atomic E-state index is -0.426. The maximum Gasteiger partial charge on any atom is 0.272 e. The van der Waals surface area contributed by atoms with Crippen LogP contribution in [0.1, 0.15) is 45.9 Å². The minimum Gasteiger partial charge on any atom is -0.335 e. The minimum absolute atomic E-state index is 0.0391. The average Bonchev–Trinajstić information content (AvgIpc) is 2.59. The number of hydrogen-bond acceptors (Lipinski definition) is 3. The second kappa shape index (κ2) is 6.43. The Morgan fingerprint density at radius 1 is 1.25 bits per heavy atom. The molecule has 24 heavy (non-hydrogen) atoms. The Bertz CT molecular complexity index is 801. The lowest BCUT2D eigenvalue weighted by molar-refractivity contribution is -0.385. The van der Waals surface area contributed by atoms with E-state index in [0.717, 1.165) is 19.3 Å². The number of hydrogen-bond donors (Lipinski definition) is 0. The number of carbonyl (C=O) groups excluding carboxylic acids is 1. The van der Waals surface area contributed by atoms with E-state index in [9.17, 15) is 14.9 Å². The van der Waals surface area contributed by atoms with Gasteiger partial charge >= 0.3 is 0 Å². The molecule has 2 aromatic rings. The number of fused-ring (bicyclic) bond motifs is 1. The molecule has 0 bridgehead atoms. The summed E-state index contributed by atoms with van der Waals surface area (Å²) >= 11 is 0. The first kappa shape index (κ1) is 16.2. The molecule has 0 radical (unpaired) electrons. The van der Waals surface area contributed by atoms with Crippen LogP contribution in [0.3, 0.4) is 0 Å². The van der Waals surface area contributed by atoms with Crippen LogP contribution in [0.5, 0.6) is 0 Å². The highest BCUT2D eigenvalue weighted by atomic mass is 16.6. The predicted octanol–water partition coefficient (Wildman–Crippen LogP) is 4.05. The summed E-state index contributed by atoms with van der Waals surface area (Å²) in [5.41, 5.74) is 3.54. The Morgan fingerprint density at radius 2 is 2.00 bits per heavy atom. The summed E-state index contributed by atoms with van der Waals surface area (Å²) in [6.45, 7) is 1.66. The summed E-state index contributed by atoms with van der Waals surface area (Å²) in [4.78, 5) is 25.1. The van der Waals surface area contributed by atoms with E-state index in [-0.39, 0.29) is 17.6 Å². The maximum absolute atomic E-state index is 12.8. The molecule has 0 saturated heterocycles. The quantitative estimate of drug-likeness (QED) is 0.632. The Labute approximate surface area is 141 Å². The number of rotatable bonds is 3. The van der Waals surface area contributed by atoms with E-state index in [2.05, 4.69) is 12.1 Å². The standard InChI is InChI=1S/C19H20N2O3/c1-13-12-15(10-11-17(13)21(23)24)19(22)20(2)18-9-5-7-14-6-3-4-8-16(14)18/h3-4,6,8,10-12,18H,5,7,9H2,1-2H3. The molecule has 0 heterocycles. The van der Waals surface area contributed by atoms with Gasteiger partial charge in [0.1, 0.15) is 0 Å². The van der Waals surface area contributed by atoms with Gasteiger partial charge in [0.15, 0.2) is 0 Å². The van der Waals surface area contributed by atoms with Gasteiger partial charge in [0.05, 0.1) is 11.0 Å². The van der Waals surface area contributed by atoms with E-state index in [1.54, 1.807) is 24.0 Å². The molecule has 0 aromatic heterocycles. The molecule has 5 nitrogen and oxygen atoms in total. The van der Waals surface area contributed by atoms with E-state index < -0.39 is 4.92 Å². The van der Waals surface area contributed by atoms with Gasteiger partial charge in [-0.15, -0.1) is 0 Å². The van der Waals surface area contributed by atoms with Crippen molar-refractivity contribution in [3.8, 4) is 0 Å². The normalized spacial score (nSPS) is 16.3. The van der Waals surface area contributed by atoms with Gasteiger partial charge in [-0.1, -0.05) is 24.3 Å². The van der Waals surface area contributed by atoms with Gasteiger partial charge in [0, 0.05) is 24.2 Å². The highest BCUT2D eigenvalue weighted by Crippen LogP contribution is 2.34. The smallest absolute Gasteiger partial charge is 0.272 e. The number of carbonyl (C=O) groups is 1. The third kappa shape index (κ3) is 2.89. The van der Waals surface area contributed by atoms with Crippen LogP contribution >= 0.6 is 0 Å². The summed E-state index contributed by atoms with van der Waals surface area (Å²) < 4.78 is 0. The molecule has 2 aromatic carbocycles. The van der Waals surface area contributed by atoms with Crippen LogP contribution < -0.4 is 0 Å². The molecule has 1 amide bonds. The van der Waals surface area contributed by atoms with Crippen LogP contribution in [0.25, 0.3) is 0 Å². The molecule has 0 spiro atoms. The maximum atomic E-state index is 12.8. The molecule has 0 aliphatic heterocycles. The van der Waals surface area contributed by atoms with Crippen molar-refractivity contribution in [2.24, 2.45) is 0 Å². The number of benzene rings is 2. The lowest BCUT2D eigenvalue weighted by Crippen LogP contribution is -2.33. The largest absolute Gasteiger partial charge is 0.335 e. The Kier molecular flexibility index (Phi) is 4.34. The molecule has 5 heteroatoms. The van der Waals surface area contributed by atoms with E-state index in [1.165, 1.54) is 17.2 Å². The van der Waals surface area contributed by atoms with E-state index >= 15 is 0 Å². The highest BCUT2D eigenvalue weighted by Gasteiger charge is 2.27. The molecule has 124 valence electrons. The van der Waals surface area contributed by atoms with Crippen molar-refractivity contribution in [2.45, 2.75) is 32.2 Å². The fraction of sp³-hybridized carbons (Fsp3) is 0.316. The van der Waals surface area contributed by atoms with Crippen LogP contribution in [0.2, 0.25) is 0 Å². The Hall–Kier alpha value is -2.69. The van der Waals surface area contributed by atoms with E-state index in [1.807, 2.05) is 19.2 Å². The molecular weight excluding hydrogens is 304 g/mol. The monoisotopic (exact) mass is 324 g/mol. The van der Waals surface area contributed by atoms with Gasteiger partial charge in [-0.3, -0.25) is 14.9 Å². The average molecular weight is 324 g/mol. The summed E-state index contributed by atoms with van der Waals surface area (Å²) in [6, 6.07) is 12.8. The van der Waals surface area contributed by atoms with Crippen molar-refractivity contribution in [1.82, 2.24) is 4.90 Å². The van der Waals surface area contributed by atoms with Crippen LogP contribution in [-0.2, 0) is 6.42 Å². The van der Waals surface area contributed by atoms with Crippen molar-refractivity contribution in [3.05, 3.63) is 74.8 Å². The topological polar surface area (TPSA) is 63.5 Å². The summed E-state index contributed by atoms with van der Waals surface area (Å²) in [6.07, 6.45) is 3.04. The second-order valence-electron chi connectivity index (χ2n) is 6.28. The number of nitro benzene ring substituents is 1. The first-order chi connectivity index (χ1) is 11.5. The van der Waals surface area contributed by atoms with Crippen molar-refractivity contribution < 1.29 is 9.72 Å². The third-order valence-electron chi connectivity index (χ3n) is 4.77. The summed E-state index contributed by atoms with van der Waals surface area (Å²) in [5, 5.41) is 10.9. The molecule has 3 rings (SSSR count). The Balaban J connectivity index is 1.88. The molecule has 0 N–H and O–H groups in total. The first-order valence-corrected chi connectivity index (χ1v) is 8.09. The van der Waals surface area contributed by atoms with Gasteiger partial charge < -0.3 is 4.90 Å². The molecule has 0 fully saturated rings. The van der Waals surface area contributed by atoms with Crippen LogP contribution in [0, 0.1) is 17.0 Å². The lowest BCUT2D eigenvalue weighted by atomic mass is 9.87. The fourth-order valence-electron chi connectivity index (χ4n) is 3.47. The van der Waals surface area contributed by atoms with Gasteiger partial charge in [-0.05, 0) is 49.4 Å². The predicted molar refractivity (Wildman–Crippen MR) is 92.0 cm³/mol. The molecular formula is C19H20N2O3. The third-order valence-corrected chi connectivity index (χ3v) is 4.77. The van der Waals surface area contributed by atoms with Crippen LogP contribution in [0.15, 0.2) is 42.5 Å². The number of nitro groups is 1. The van der Waals surface area contributed by atoms with Gasteiger partial charge in [-0.25, -0.2) is 0 Å². The molecule has 1 unspecified atom stereocenters.